The Morgan fingerprint density at radius 3 is 2.65 bits per heavy atom. The Bertz CT molecular complexity index is 484. The zero-order valence-electron chi connectivity index (χ0n) is 11.1. The summed E-state index contributed by atoms with van der Waals surface area (Å²) in [5.74, 6) is -1.83. The van der Waals surface area contributed by atoms with Gasteiger partial charge in [0.25, 0.3) is 0 Å². The second kappa shape index (κ2) is 6.05. The highest BCUT2D eigenvalue weighted by molar-refractivity contribution is 5.74. The molecule has 5 heteroatoms. The highest BCUT2D eigenvalue weighted by Gasteiger charge is 2.42. The molecule has 20 heavy (non-hydrogen) atoms. The summed E-state index contributed by atoms with van der Waals surface area (Å²) in [6.45, 7) is 0.202. The van der Waals surface area contributed by atoms with E-state index >= 15 is 0 Å². The highest BCUT2D eigenvalue weighted by Crippen LogP contribution is 2.37. The number of hydrogen-bond donors (Lipinski definition) is 2. The van der Waals surface area contributed by atoms with E-state index in [-0.39, 0.29) is 25.4 Å². The molecule has 0 radical (unpaired) electrons. The Hall–Kier alpha value is -1.88. The standard InChI is InChI=1S/C15H18O5/c16-13(17)9-15(19)7-6-12(8-15)14(18)20-10-11-4-2-1-3-5-11/h1-5,12,19H,6-10H2,(H,16,17)/t12-,15?/m1/s1. The van der Waals surface area contributed by atoms with Crippen LogP contribution in [0.5, 0.6) is 0 Å². The third kappa shape index (κ3) is 3.81. The quantitative estimate of drug-likeness (QED) is 0.801. The molecule has 0 heterocycles. The van der Waals surface area contributed by atoms with Crippen LogP contribution in [0.25, 0.3) is 0 Å². The summed E-state index contributed by atoms with van der Waals surface area (Å²) in [5.41, 5.74) is -0.373. The van der Waals surface area contributed by atoms with Crippen LogP contribution >= 0.6 is 0 Å². The monoisotopic (exact) mass is 278 g/mol. The maximum atomic E-state index is 11.9. The Balaban J connectivity index is 1.84. The van der Waals surface area contributed by atoms with Crippen molar-refractivity contribution in [1.82, 2.24) is 0 Å². The molecule has 1 unspecified atom stereocenters. The van der Waals surface area contributed by atoms with Crippen LogP contribution in [0.2, 0.25) is 0 Å². The smallest absolute Gasteiger partial charge is 0.309 e. The van der Waals surface area contributed by atoms with Crippen LogP contribution < -0.4 is 0 Å². The van der Waals surface area contributed by atoms with Crippen LogP contribution in [0.15, 0.2) is 30.3 Å². The molecular weight excluding hydrogens is 260 g/mol. The van der Waals surface area contributed by atoms with E-state index in [0.29, 0.717) is 12.8 Å². The predicted molar refractivity (Wildman–Crippen MR) is 70.8 cm³/mol. The van der Waals surface area contributed by atoms with Crippen molar-refractivity contribution in [1.29, 1.82) is 0 Å². The lowest BCUT2D eigenvalue weighted by atomic mass is 9.96. The third-order valence-corrected chi connectivity index (χ3v) is 3.62. The van der Waals surface area contributed by atoms with E-state index in [1.807, 2.05) is 30.3 Å². The van der Waals surface area contributed by atoms with E-state index < -0.39 is 17.5 Å². The van der Waals surface area contributed by atoms with Crippen molar-refractivity contribution in [3.63, 3.8) is 0 Å². The summed E-state index contributed by atoms with van der Waals surface area (Å²) in [4.78, 5) is 22.6. The number of carbonyl (C=O) groups is 2. The van der Waals surface area contributed by atoms with Gasteiger partial charge >= 0.3 is 11.9 Å². The Morgan fingerprint density at radius 1 is 1.30 bits per heavy atom. The van der Waals surface area contributed by atoms with Gasteiger partial charge in [0.15, 0.2) is 0 Å². The zero-order valence-corrected chi connectivity index (χ0v) is 11.1. The highest BCUT2D eigenvalue weighted by atomic mass is 16.5. The molecule has 2 rings (SSSR count). The molecule has 1 aromatic rings. The molecule has 2 N–H and O–H groups in total. The second-order valence-electron chi connectivity index (χ2n) is 5.33. The van der Waals surface area contributed by atoms with E-state index in [9.17, 15) is 14.7 Å². The number of hydrogen-bond acceptors (Lipinski definition) is 4. The average molecular weight is 278 g/mol. The lowest BCUT2D eigenvalue weighted by Crippen LogP contribution is -2.29. The van der Waals surface area contributed by atoms with Crippen molar-refractivity contribution in [2.75, 3.05) is 0 Å². The molecule has 108 valence electrons. The average Bonchev–Trinajstić information content (AvgIpc) is 2.78. The van der Waals surface area contributed by atoms with Crippen LogP contribution in [-0.2, 0) is 20.9 Å². The van der Waals surface area contributed by atoms with Gasteiger partial charge < -0.3 is 14.9 Å². The molecule has 1 aliphatic rings. The van der Waals surface area contributed by atoms with Crippen LogP contribution in [-0.4, -0.2) is 27.8 Å². The van der Waals surface area contributed by atoms with Crippen molar-refractivity contribution in [3.8, 4) is 0 Å². The predicted octanol–water partition coefficient (Wildman–Crippen LogP) is 1.74. The van der Waals surface area contributed by atoms with Gasteiger partial charge in [-0.15, -0.1) is 0 Å². The van der Waals surface area contributed by atoms with Crippen molar-refractivity contribution in [2.45, 2.75) is 37.9 Å². The van der Waals surface area contributed by atoms with Gasteiger partial charge in [0, 0.05) is 0 Å². The van der Waals surface area contributed by atoms with Gasteiger partial charge in [-0.2, -0.15) is 0 Å². The SMILES string of the molecule is O=C(O)CC1(O)CC[C@@H](C(=O)OCc2ccccc2)C1. The summed E-state index contributed by atoms with van der Waals surface area (Å²) in [5, 5.41) is 18.8. The fraction of sp³-hybridized carbons (Fsp3) is 0.467. The fourth-order valence-electron chi connectivity index (χ4n) is 2.60. The summed E-state index contributed by atoms with van der Waals surface area (Å²) < 4.78 is 5.21. The summed E-state index contributed by atoms with van der Waals surface area (Å²) in [6, 6.07) is 9.34. The van der Waals surface area contributed by atoms with Gasteiger partial charge in [-0.05, 0) is 24.8 Å². The minimum absolute atomic E-state index is 0.160. The summed E-state index contributed by atoms with van der Waals surface area (Å²) in [6.07, 6.45) is 0.629. The Kier molecular flexibility index (Phi) is 4.39. The first-order valence-electron chi connectivity index (χ1n) is 6.63. The normalized spacial score (nSPS) is 25.4. The van der Waals surface area contributed by atoms with Gasteiger partial charge in [-0.3, -0.25) is 9.59 Å². The summed E-state index contributed by atoms with van der Waals surface area (Å²) >= 11 is 0. The number of carboxylic acids is 1. The van der Waals surface area contributed by atoms with Crippen LogP contribution in [0.3, 0.4) is 0 Å². The minimum atomic E-state index is -1.28. The number of ether oxygens (including phenoxy) is 1. The van der Waals surface area contributed by atoms with Gasteiger partial charge in [0.1, 0.15) is 6.61 Å². The van der Waals surface area contributed by atoms with E-state index in [1.165, 1.54) is 0 Å². The molecule has 0 aliphatic heterocycles. The number of carbonyl (C=O) groups excluding carboxylic acids is 1. The van der Waals surface area contributed by atoms with Crippen molar-refractivity contribution >= 4 is 11.9 Å². The second-order valence-corrected chi connectivity index (χ2v) is 5.33. The Morgan fingerprint density at radius 2 is 2.00 bits per heavy atom. The van der Waals surface area contributed by atoms with Gasteiger partial charge in [0.05, 0.1) is 17.9 Å². The van der Waals surface area contributed by atoms with Crippen LogP contribution in [0.4, 0.5) is 0 Å². The fourth-order valence-corrected chi connectivity index (χ4v) is 2.60. The third-order valence-electron chi connectivity index (χ3n) is 3.62. The van der Waals surface area contributed by atoms with Crippen LogP contribution in [0.1, 0.15) is 31.2 Å². The van der Waals surface area contributed by atoms with E-state index in [2.05, 4.69) is 0 Å². The molecule has 0 spiro atoms. The molecule has 0 aromatic heterocycles. The summed E-state index contributed by atoms with van der Waals surface area (Å²) in [7, 11) is 0. The van der Waals surface area contributed by atoms with Crippen molar-refractivity contribution in [2.24, 2.45) is 5.92 Å². The molecule has 0 saturated heterocycles. The van der Waals surface area contributed by atoms with Gasteiger partial charge in [0.2, 0.25) is 0 Å². The molecule has 1 aromatic carbocycles. The molecule has 1 aliphatic carbocycles. The molecule has 5 nitrogen and oxygen atoms in total. The molecule has 2 atom stereocenters. The zero-order chi connectivity index (χ0) is 14.6. The van der Waals surface area contributed by atoms with Gasteiger partial charge in [-0.25, -0.2) is 0 Å². The number of aliphatic hydroxyl groups is 1. The molecule has 0 amide bonds. The van der Waals surface area contributed by atoms with Gasteiger partial charge in [-0.1, -0.05) is 30.3 Å². The molecule has 0 bridgehead atoms. The molecule has 1 fully saturated rings. The number of carboxylic acid groups (broad SMARTS) is 1. The number of esters is 1. The largest absolute Gasteiger partial charge is 0.481 e. The topological polar surface area (TPSA) is 83.8 Å². The lowest BCUT2D eigenvalue weighted by Gasteiger charge is -2.19. The lowest BCUT2D eigenvalue weighted by molar-refractivity contribution is -0.151. The van der Waals surface area contributed by atoms with E-state index in [1.54, 1.807) is 0 Å². The first kappa shape index (κ1) is 14.5. The first-order chi connectivity index (χ1) is 9.48. The first-order valence-corrected chi connectivity index (χ1v) is 6.63. The van der Waals surface area contributed by atoms with Crippen LogP contribution in [0, 0.1) is 5.92 Å². The number of aliphatic carboxylic acids is 1. The minimum Gasteiger partial charge on any atom is -0.481 e. The molecular formula is C15H18O5. The Labute approximate surface area is 117 Å². The maximum absolute atomic E-state index is 11.9. The molecule has 1 saturated carbocycles. The van der Waals surface area contributed by atoms with Crippen molar-refractivity contribution < 1.29 is 24.5 Å². The van der Waals surface area contributed by atoms with Crippen molar-refractivity contribution in [3.05, 3.63) is 35.9 Å². The van der Waals surface area contributed by atoms with E-state index in [4.69, 9.17) is 9.84 Å². The number of benzene rings is 1. The maximum Gasteiger partial charge on any atom is 0.309 e. The number of rotatable bonds is 5. The van der Waals surface area contributed by atoms with E-state index in [0.717, 1.165) is 5.56 Å².